The summed E-state index contributed by atoms with van der Waals surface area (Å²) >= 11 is 0. The first-order valence-corrected chi connectivity index (χ1v) is 12.8. The van der Waals surface area contributed by atoms with Gasteiger partial charge < -0.3 is 4.74 Å². The fourth-order valence-electron chi connectivity index (χ4n) is 4.03. The van der Waals surface area contributed by atoms with Gasteiger partial charge >= 0.3 is 5.97 Å². The number of ether oxygens (including phenoxy) is 1. The van der Waals surface area contributed by atoms with Gasteiger partial charge in [0.15, 0.2) is 0 Å². The number of unbranched alkanes of at least 4 members (excludes halogenated alkanes) is 19. The molecule has 0 aromatic carbocycles. The maximum atomic E-state index is 10.8. The van der Waals surface area contributed by atoms with E-state index in [1.807, 2.05) is 6.92 Å². The largest absolute Gasteiger partial charge is 0.463 e. The van der Waals surface area contributed by atoms with E-state index in [4.69, 9.17) is 4.74 Å². The van der Waals surface area contributed by atoms with Crippen molar-refractivity contribution in [2.75, 3.05) is 0 Å². The Balaban J connectivity index is 3.06. The van der Waals surface area contributed by atoms with Crippen LogP contribution in [0.15, 0.2) is 0 Å². The Morgan fingerprint density at radius 1 is 0.571 bits per heavy atom. The Bertz CT molecular complexity index is 314. The van der Waals surface area contributed by atoms with Crippen LogP contribution in [0.1, 0.15) is 156 Å². The Kier molecular flexibility index (Phi) is 22.3. The van der Waals surface area contributed by atoms with Gasteiger partial charge in [-0.2, -0.15) is 0 Å². The molecule has 28 heavy (non-hydrogen) atoms. The maximum absolute atomic E-state index is 10.8. The van der Waals surface area contributed by atoms with Gasteiger partial charge in [-0.3, -0.25) is 4.79 Å². The first-order valence-electron chi connectivity index (χ1n) is 12.8. The van der Waals surface area contributed by atoms with Crippen LogP contribution in [0.3, 0.4) is 0 Å². The van der Waals surface area contributed by atoms with Crippen molar-refractivity contribution < 1.29 is 9.53 Å². The molecule has 0 amide bonds. The second-order valence-electron chi connectivity index (χ2n) is 8.93. The number of carbonyl (C=O) groups excluding carboxylic acids is 1. The summed E-state index contributed by atoms with van der Waals surface area (Å²) in [6, 6.07) is 0. The lowest BCUT2D eigenvalue weighted by molar-refractivity contribution is -0.145. The van der Waals surface area contributed by atoms with E-state index < -0.39 is 0 Å². The van der Waals surface area contributed by atoms with Gasteiger partial charge in [0, 0.05) is 6.92 Å². The zero-order valence-corrected chi connectivity index (χ0v) is 19.7. The molecule has 0 aliphatic carbocycles. The monoisotopic (exact) mass is 396 g/mol. The molecule has 0 heterocycles. The molecule has 168 valence electrons. The molecule has 2 nitrogen and oxygen atoms in total. The van der Waals surface area contributed by atoms with E-state index in [9.17, 15) is 4.79 Å². The topological polar surface area (TPSA) is 26.3 Å². The van der Waals surface area contributed by atoms with Gasteiger partial charge in [0.25, 0.3) is 0 Å². The lowest BCUT2D eigenvalue weighted by atomic mass is 10.0. The molecule has 0 aromatic heterocycles. The van der Waals surface area contributed by atoms with E-state index >= 15 is 0 Å². The molecular weight excluding hydrogens is 344 g/mol. The van der Waals surface area contributed by atoms with Crippen molar-refractivity contribution in [1.29, 1.82) is 0 Å². The smallest absolute Gasteiger partial charge is 0.302 e. The second-order valence-corrected chi connectivity index (χ2v) is 8.93. The first kappa shape index (κ1) is 27.5. The average molecular weight is 397 g/mol. The van der Waals surface area contributed by atoms with Gasteiger partial charge in [0.2, 0.25) is 0 Å². The minimum atomic E-state index is -0.152. The molecule has 0 bridgehead atoms. The second kappa shape index (κ2) is 22.8. The molecule has 0 fully saturated rings. The Hall–Kier alpha value is -0.530. The highest BCUT2D eigenvalue weighted by Crippen LogP contribution is 2.15. The van der Waals surface area contributed by atoms with Crippen molar-refractivity contribution >= 4 is 5.97 Å². The van der Waals surface area contributed by atoms with Crippen molar-refractivity contribution in [3.05, 3.63) is 0 Å². The lowest BCUT2D eigenvalue weighted by Gasteiger charge is -2.11. The molecular formula is C26H52O2. The Morgan fingerprint density at radius 3 is 1.14 bits per heavy atom. The lowest BCUT2D eigenvalue weighted by Crippen LogP contribution is -2.11. The minimum Gasteiger partial charge on any atom is -0.463 e. The number of carbonyl (C=O) groups is 1. The predicted molar refractivity (Wildman–Crippen MR) is 124 cm³/mol. The highest BCUT2D eigenvalue weighted by molar-refractivity contribution is 5.66. The number of hydrogen-bond donors (Lipinski definition) is 0. The van der Waals surface area contributed by atoms with Gasteiger partial charge in [-0.1, -0.05) is 129 Å². The van der Waals surface area contributed by atoms with Gasteiger partial charge in [-0.15, -0.1) is 0 Å². The van der Waals surface area contributed by atoms with Crippen LogP contribution in [0, 0.1) is 0 Å². The molecule has 0 aromatic rings. The standard InChI is InChI=1S/C26H52O2/c1-4-5-6-7-8-9-10-11-12-13-14-15-16-17-18-19-20-21-22-23-24-25(2)28-26(3)27/h25H,4-24H2,1-3H3/t25-/m0/s1. The van der Waals surface area contributed by atoms with Gasteiger partial charge in [0.1, 0.15) is 0 Å². The minimum absolute atomic E-state index is 0.0908. The summed E-state index contributed by atoms with van der Waals surface area (Å²) in [5.41, 5.74) is 0. The predicted octanol–water partition coefficient (Wildman–Crippen LogP) is 9.15. The Labute approximate surface area is 177 Å². The van der Waals surface area contributed by atoms with Crippen molar-refractivity contribution in [2.24, 2.45) is 0 Å². The van der Waals surface area contributed by atoms with Crippen LogP contribution < -0.4 is 0 Å². The number of esters is 1. The molecule has 0 saturated heterocycles. The van der Waals surface area contributed by atoms with E-state index in [0.717, 1.165) is 6.42 Å². The van der Waals surface area contributed by atoms with Crippen LogP contribution in [0.4, 0.5) is 0 Å². The number of hydrogen-bond acceptors (Lipinski definition) is 2. The highest BCUT2D eigenvalue weighted by atomic mass is 16.5. The van der Waals surface area contributed by atoms with E-state index in [1.165, 1.54) is 135 Å². The van der Waals surface area contributed by atoms with Crippen molar-refractivity contribution in [3.63, 3.8) is 0 Å². The molecule has 0 aliphatic rings. The fraction of sp³-hybridized carbons (Fsp3) is 0.962. The normalized spacial score (nSPS) is 12.2. The third kappa shape index (κ3) is 23.5. The highest BCUT2D eigenvalue weighted by Gasteiger charge is 2.04. The summed E-state index contributed by atoms with van der Waals surface area (Å²) in [6.07, 6.45) is 29.4. The van der Waals surface area contributed by atoms with Crippen molar-refractivity contribution in [1.82, 2.24) is 0 Å². The summed E-state index contributed by atoms with van der Waals surface area (Å²) in [4.78, 5) is 10.8. The van der Waals surface area contributed by atoms with Crippen LogP contribution in [0.2, 0.25) is 0 Å². The molecule has 0 radical (unpaired) electrons. The quantitative estimate of drug-likeness (QED) is 0.135. The molecule has 1 atom stereocenters. The molecule has 0 N–H and O–H groups in total. The summed E-state index contributed by atoms with van der Waals surface area (Å²) in [5.74, 6) is -0.152. The summed E-state index contributed by atoms with van der Waals surface area (Å²) in [5, 5.41) is 0. The van der Waals surface area contributed by atoms with E-state index in [-0.39, 0.29) is 12.1 Å². The van der Waals surface area contributed by atoms with E-state index in [1.54, 1.807) is 0 Å². The van der Waals surface area contributed by atoms with Gasteiger partial charge in [0.05, 0.1) is 6.10 Å². The van der Waals surface area contributed by atoms with Crippen LogP contribution in [-0.2, 0) is 9.53 Å². The van der Waals surface area contributed by atoms with Crippen molar-refractivity contribution in [2.45, 2.75) is 162 Å². The van der Waals surface area contributed by atoms with Crippen molar-refractivity contribution in [3.8, 4) is 0 Å². The summed E-state index contributed by atoms with van der Waals surface area (Å²) in [7, 11) is 0. The molecule has 2 heteroatoms. The molecule has 0 aliphatic heterocycles. The molecule has 0 unspecified atom stereocenters. The average Bonchev–Trinajstić information content (AvgIpc) is 2.66. The summed E-state index contributed by atoms with van der Waals surface area (Å²) in [6.45, 7) is 5.78. The van der Waals surface area contributed by atoms with Gasteiger partial charge in [-0.05, 0) is 19.8 Å². The number of rotatable bonds is 22. The summed E-state index contributed by atoms with van der Waals surface area (Å²) < 4.78 is 5.15. The zero-order chi connectivity index (χ0) is 20.7. The van der Waals surface area contributed by atoms with Crippen LogP contribution in [0.25, 0.3) is 0 Å². The first-order chi connectivity index (χ1) is 13.7. The maximum Gasteiger partial charge on any atom is 0.302 e. The molecule has 0 spiro atoms. The third-order valence-corrected chi connectivity index (χ3v) is 5.83. The zero-order valence-electron chi connectivity index (χ0n) is 19.7. The van der Waals surface area contributed by atoms with E-state index in [0.29, 0.717) is 0 Å². The van der Waals surface area contributed by atoms with Crippen LogP contribution >= 0.6 is 0 Å². The Morgan fingerprint density at radius 2 is 0.857 bits per heavy atom. The van der Waals surface area contributed by atoms with Gasteiger partial charge in [-0.25, -0.2) is 0 Å². The molecule has 0 rings (SSSR count). The fourth-order valence-corrected chi connectivity index (χ4v) is 4.03. The van der Waals surface area contributed by atoms with Crippen LogP contribution in [-0.4, -0.2) is 12.1 Å². The third-order valence-electron chi connectivity index (χ3n) is 5.83. The molecule has 0 saturated carbocycles. The van der Waals surface area contributed by atoms with Crippen LogP contribution in [0.5, 0.6) is 0 Å². The van der Waals surface area contributed by atoms with E-state index in [2.05, 4.69) is 6.92 Å². The SMILES string of the molecule is CCCCCCCCCCCCCCCCCCCCCC[C@H](C)OC(C)=O.